The van der Waals surface area contributed by atoms with Crippen molar-refractivity contribution >= 4 is 41.6 Å². The van der Waals surface area contributed by atoms with Crippen LogP contribution in [-0.4, -0.2) is 25.0 Å². The topological polar surface area (TPSA) is 81.4 Å². The summed E-state index contributed by atoms with van der Waals surface area (Å²) in [4.78, 5) is 22.7. The Bertz CT molecular complexity index is 438. The average Bonchev–Trinajstić information content (AvgIpc) is 2.26. The van der Waals surface area contributed by atoms with Crippen LogP contribution in [0.1, 0.15) is 17.3 Å². The minimum atomic E-state index is -0.493. The zero-order valence-electron chi connectivity index (χ0n) is 9.73. The molecule has 0 aliphatic rings. The van der Waals surface area contributed by atoms with Crippen LogP contribution >= 0.6 is 24.0 Å². The number of carbonyl (C=O) groups is 2. The third-order valence-corrected chi connectivity index (χ3v) is 2.25. The number of carbonyl (C=O) groups excluding carboxylic acids is 2. The van der Waals surface area contributed by atoms with E-state index >= 15 is 0 Å². The van der Waals surface area contributed by atoms with Gasteiger partial charge < -0.3 is 15.8 Å². The Labute approximate surface area is 116 Å². The number of benzene rings is 1. The Morgan fingerprint density at radius 1 is 1.44 bits per heavy atom. The van der Waals surface area contributed by atoms with Gasteiger partial charge >= 0.3 is 5.97 Å². The molecule has 0 saturated heterocycles. The third-order valence-electron chi connectivity index (χ3n) is 1.94. The van der Waals surface area contributed by atoms with Crippen LogP contribution in [-0.2, 0) is 9.53 Å². The zero-order valence-corrected chi connectivity index (χ0v) is 11.3. The van der Waals surface area contributed by atoms with Crippen LogP contribution in [0, 0.1) is 0 Å². The van der Waals surface area contributed by atoms with Gasteiger partial charge in [0.05, 0.1) is 17.2 Å². The largest absolute Gasteiger partial charge is 0.465 e. The smallest absolute Gasteiger partial charge is 0.325 e. The molecule has 0 radical (unpaired) electrons. The molecule has 0 atom stereocenters. The highest BCUT2D eigenvalue weighted by Gasteiger charge is 2.11. The summed E-state index contributed by atoms with van der Waals surface area (Å²) in [6, 6.07) is 4.53. The molecular weight excluding hydrogens is 279 g/mol. The molecule has 5 nitrogen and oxygen atoms in total. The van der Waals surface area contributed by atoms with E-state index in [-0.39, 0.29) is 36.1 Å². The predicted octanol–water partition coefficient (Wildman–Crippen LogP) is 1.64. The summed E-state index contributed by atoms with van der Waals surface area (Å²) in [5.74, 6) is -0.935. The van der Waals surface area contributed by atoms with Crippen molar-refractivity contribution in [1.29, 1.82) is 0 Å². The van der Waals surface area contributed by atoms with E-state index in [2.05, 4.69) is 10.1 Å². The molecule has 7 heteroatoms. The summed E-state index contributed by atoms with van der Waals surface area (Å²) < 4.78 is 4.67. The lowest BCUT2D eigenvalue weighted by atomic mass is 10.2. The first kappa shape index (κ1) is 16.5. The number of nitrogens with one attached hydrogen (secondary N) is 1. The Morgan fingerprint density at radius 2 is 2.11 bits per heavy atom. The molecule has 0 aliphatic heterocycles. The molecule has 0 unspecified atom stereocenters. The number of ether oxygens (including phenoxy) is 1. The summed E-state index contributed by atoms with van der Waals surface area (Å²) in [5, 5.41) is 2.65. The molecule has 0 fully saturated rings. The van der Waals surface area contributed by atoms with E-state index < -0.39 is 11.9 Å². The van der Waals surface area contributed by atoms with Crippen molar-refractivity contribution < 1.29 is 14.3 Å². The number of amides is 1. The van der Waals surface area contributed by atoms with Crippen LogP contribution in [0.3, 0.4) is 0 Å². The minimum Gasteiger partial charge on any atom is -0.465 e. The summed E-state index contributed by atoms with van der Waals surface area (Å²) in [7, 11) is 0. The highest BCUT2D eigenvalue weighted by atomic mass is 35.5. The van der Waals surface area contributed by atoms with Crippen molar-refractivity contribution in [3.63, 3.8) is 0 Å². The van der Waals surface area contributed by atoms with Gasteiger partial charge in [-0.1, -0.05) is 11.6 Å². The molecular formula is C11H14Cl2N2O3. The molecule has 0 heterocycles. The minimum absolute atomic E-state index is 0. The number of esters is 1. The normalized spacial score (nSPS) is 9.22. The van der Waals surface area contributed by atoms with Gasteiger partial charge in [0, 0.05) is 5.69 Å². The molecule has 18 heavy (non-hydrogen) atoms. The monoisotopic (exact) mass is 292 g/mol. The van der Waals surface area contributed by atoms with Gasteiger partial charge in [-0.2, -0.15) is 0 Å². The van der Waals surface area contributed by atoms with Crippen LogP contribution in [0.2, 0.25) is 5.02 Å². The molecule has 0 aliphatic carbocycles. The number of hydrogen-bond donors (Lipinski definition) is 2. The second-order valence-electron chi connectivity index (χ2n) is 3.23. The van der Waals surface area contributed by atoms with Crippen LogP contribution in [0.4, 0.5) is 5.69 Å². The number of nitrogens with two attached hydrogens (primary N) is 1. The molecule has 0 saturated carbocycles. The van der Waals surface area contributed by atoms with Gasteiger partial charge in [-0.3, -0.25) is 9.59 Å². The Hall–Kier alpha value is -1.46. The first-order valence-corrected chi connectivity index (χ1v) is 5.41. The van der Waals surface area contributed by atoms with Gasteiger partial charge in [0.25, 0.3) is 5.91 Å². The van der Waals surface area contributed by atoms with Gasteiger partial charge in [-0.05, 0) is 25.1 Å². The highest BCUT2D eigenvalue weighted by molar-refractivity contribution is 6.34. The van der Waals surface area contributed by atoms with Crippen molar-refractivity contribution in [1.82, 2.24) is 5.32 Å². The van der Waals surface area contributed by atoms with E-state index in [1.54, 1.807) is 13.0 Å². The number of hydrogen-bond acceptors (Lipinski definition) is 4. The highest BCUT2D eigenvalue weighted by Crippen LogP contribution is 2.18. The molecule has 100 valence electrons. The maximum absolute atomic E-state index is 11.6. The number of rotatable bonds is 4. The van der Waals surface area contributed by atoms with Gasteiger partial charge in [0.15, 0.2) is 0 Å². The average molecular weight is 293 g/mol. The summed E-state index contributed by atoms with van der Waals surface area (Å²) in [6.07, 6.45) is 0. The van der Waals surface area contributed by atoms with Crippen LogP contribution in [0.5, 0.6) is 0 Å². The van der Waals surface area contributed by atoms with Gasteiger partial charge in [0.2, 0.25) is 0 Å². The number of anilines is 1. The summed E-state index contributed by atoms with van der Waals surface area (Å²) in [6.45, 7) is 1.78. The molecule has 1 rings (SSSR count). The predicted molar refractivity (Wildman–Crippen MR) is 72.1 cm³/mol. The lowest BCUT2D eigenvalue weighted by Gasteiger charge is -2.06. The third kappa shape index (κ3) is 4.81. The number of nitrogen functional groups attached to an aromatic ring is 1. The first-order valence-electron chi connectivity index (χ1n) is 5.03. The van der Waals surface area contributed by atoms with Crippen LogP contribution in [0.15, 0.2) is 18.2 Å². The quantitative estimate of drug-likeness (QED) is 0.653. The zero-order chi connectivity index (χ0) is 12.8. The van der Waals surface area contributed by atoms with Crippen molar-refractivity contribution in [2.75, 3.05) is 18.9 Å². The van der Waals surface area contributed by atoms with E-state index in [9.17, 15) is 9.59 Å². The van der Waals surface area contributed by atoms with E-state index in [1.807, 2.05) is 0 Å². The van der Waals surface area contributed by atoms with Crippen molar-refractivity contribution in [3.05, 3.63) is 28.8 Å². The van der Waals surface area contributed by atoms with E-state index in [4.69, 9.17) is 17.3 Å². The fourth-order valence-corrected chi connectivity index (χ4v) is 1.45. The summed E-state index contributed by atoms with van der Waals surface area (Å²) in [5.41, 5.74) is 6.24. The van der Waals surface area contributed by atoms with E-state index in [0.29, 0.717) is 5.69 Å². The summed E-state index contributed by atoms with van der Waals surface area (Å²) >= 11 is 5.84. The van der Waals surface area contributed by atoms with Crippen LogP contribution in [0.25, 0.3) is 0 Å². The molecule has 0 bridgehead atoms. The maximum Gasteiger partial charge on any atom is 0.325 e. The molecule has 1 aromatic carbocycles. The molecule has 3 N–H and O–H groups in total. The SMILES string of the molecule is CCOC(=O)CNC(=O)c1ccc(N)cc1Cl.Cl. The van der Waals surface area contributed by atoms with E-state index in [1.165, 1.54) is 12.1 Å². The molecule has 0 aromatic heterocycles. The Kier molecular flexibility index (Phi) is 7.16. The lowest BCUT2D eigenvalue weighted by Crippen LogP contribution is -2.30. The van der Waals surface area contributed by atoms with Gasteiger partial charge in [0.1, 0.15) is 6.54 Å². The van der Waals surface area contributed by atoms with Gasteiger partial charge in [-0.15, -0.1) is 12.4 Å². The van der Waals surface area contributed by atoms with Crippen molar-refractivity contribution in [2.45, 2.75) is 6.92 Å². The molecule has 1 amide bonds. The fourth-order valence-electron chi connectivity index (χ4n) is 1.18. The van der Waals surface area contributed by atoms with Crippen molar-refractivity contribution in [2.24, 2.45) is 0 Å². The second kappa shape index (κ2) is 7.79. The maximum atomic E-state index is 11.6. The number of halogens is 2. The van der Waals surface area contributed by atoms with Gasteiger partial charge in [-0.25, -0.2) is 0 Å². The Morgan fingerprint density at radius 3 is 2.67 bits per heavy atom. The standard InChI is InChI=1S/C11H13ClN2O3.ClH/c1-2-17-10(15)6-14-11(16)8-4-3-7(13)5-9(8)12;/h3-5H,2,6,13H2,1H3,(H,14,16);1H. The molecule has 1 aromatic rings. The first-order chi connectivity index (χ1) is 8.04. The van der Waals surface area contributed by atoms with Crippen LogP contribution < -0.4 is 11.1 Å². The fraction of sp³-hybridized carbons (Fsp3) is 0.273. The lowest BCUT2D eigenvalue weighted by molar-refractivity contribution is -0.141. The Balaban J connectivity index is 0.00000289. The van der Waals surface area contributed by atoms with E-state index in [0.717, 1.165) is 0 Å². The second-order valence-corrected chi connectivity index (χ2v) is 3.63. The molecule has 0 spiro atoms. The van der Waals surface area contributed by atoms with Crippen molar-refractivity contribution in [3.8, 4) is 0 Å².